The van der Waals surface area contributed by atoms with E-state index >= 15 is 0 Å². The number of unbranched alkanes of at least 4 members (excludes halogenated alkanes) is 11. The SMILES string of the molecule is CC.CCCCCCCC/C=C\CCCCCCCC(C)=O. The minimum atomic E-state index is 0.336. The first kappa shape index (κ1) is 23.7. The topological polar surface area (TPSA) is 17.1 Å². The lowest BCUT2D eigenvalue weighted by Gasteiger charge is -1.99. The van der Waals surface area contributed by atoms with Crippen molar-refractivity contribution in [1.29, 1.82) is 0 Å². The molecule has 0 bridgehead atoms. The summed E-state index contributed by atoms with van der Waals surface area (Å²) in [6.07, 6.45) is 22.6. The molecule has 0 aliphatic heterocycles. The van der Waals surface area contributed by atoms with Gasteiger partial charge in [0.25, 0.3) is 0 Å². The van der Waals surface area contributed by atoms with Crippen LogP contribution in [0.2, 0.25) is 0 Å². The highest BCUT2D eigenvalue weighted by atomic mass is 16.1. The third-order valence-corrected chi connectivity index (χ3v) is 3.79. The van der Waals surface area contributed by atoms with Gasteiger partial charge in [-0.1, -0.05) is 84.3 Å². The van der Waals surface area contributed by atoms with Crippen LogP contribution in [0.4, 0.5) is 0 Å². The lowest BCUT2D eigenvalue weighted by molar-refractivity contribution is -0.117. The Kier molecular flexibility index (Phi) is 24.4. The standard InChI is InChI=1S/C19H36O.C2H6/c1-3-4-5-6-7-8-9-10-11-12-13-14-15-16-17-18-19(2)20;1-2/h10-11H,3-9,12-18H2,1-2H3;1-2H3/b11-10-;. The summed E-state index contributed by atoms with van der Waals surface area (Å²) in [5, 5.41) is 0. The van der Waals surface area contributed by atoms with Gasteiger partial charge in [-0.2, -0.15) is 0 Å². The summed E-state index contributed by atoms with van der Waals surface area (Å²) in [7, 11) is 0. The van der Waals surface area contributed by atoms with Gasteiger partial charge in [-0.25, -0.2) is 0 Å². The average molecular weight is 311 g/mol. The molecule has 0 aromatic rings. The number of allylic oxidation sites excluding steroid dienone is 2. The molecule has 0 amide bonds. The number of carbonyl (C=O) groups is 1. The van der Waals surface area contributed by atoms with Gasteiger partial charge in [0, 0.05) is 6.42 Å². The predicted octanol–water partition coefficient (Wildman–Crippen LogP) is 7.64. The first-order valence-electron chi connectivity index (χ1n) is 9.91. The summed E-state index contributed by atoms with van der Waals surface area (Å²) in [4.78, 5) is 10.8. The van der Waals surface area contributed by atoms with Crippen LogP contribution in [0.15, 0.2) is 12.2 Å². The van der Waals surface area contributed by atoms with Crippen LogP contribution in [0.25, 0.3) is 0 Å². The number of hydrogen-bond acceptors (Lipinski definition) is 1. The summed E-state index contributed by atoms with van der Waals surface area (Å²) in [5.74, 6) is 0.336. The summed E-state index contributed by atoms with van der Waals surface area (Å²) < 4.78 is 0. The fraction of sp³-hybridized carbons (Fsp3) is 0.857. The molecule has 0 unspecified atom stereocenters. The Hall–Kier alpha value is -0.590. The molecule has 0 fully saturated rings. The first-order chi connectivity index (χ1) is 10.8. The number of ketones is 1. The number of hydrogen-bond donors (Lipinski definition) is 0. The number of Topliss-reactive ketones (excluding diaryl/α,β-unsaturated/α-hetero) is 1. The van der Waals surface area contributed by atoms with Crippen LogP contribution in [0.5, 0.6) is 0 Å². The van der Waals surface area contributed by atoms with Crippen molar-refractivity contribution in [3.63, 3.8) is 0 Å². The summed E-state index contributed by atoms with van der Waals surface area (Å²) >= 11 is 0. The Morgan fingerprint density at radius 3 is 1.55 bits per heavy atom. The molecule has 0 saturated heterocycles. The van der Waals surface area contributed by atoms with E-state index < -0.39 is 0 Å². The third kappa shape index (κ3) is 24.4. The van der Waals surface area contributed by atoms with Gasteiger partial charge in [0.1, 0.15) is 5.78 Å². The van der Waals surface area contributed by atoms with Crippen LogP contribution in [0.1, 0.15) is 118 Å². The lowest BCUT2D eigenvalue weighted by Crippen LogP contribution is -1.89. The van der Waals surface area contributed by atoms with Gasteiger partial charge >= 0.3 is 0 Å². The summed E-state index contributed by atoms with van der Waals surface area (Å²) in [6.45, 7) is 7.96. The monoisotopic (exact) mass is 310 g/mol. The van der Waals surface area contributed by atoms with Gasteiger partial charge in [-0.15, -0.1) is 0 Å². The van der Waals surface area contributed by atoms with Gasteiger partial charge in [0.15, 0.2) is 0 Å². The van der Waals surface area contributed by atoms with Crippen LogP contribution in [0.3, 0.4) is 0 Å². The molecule has 0 rings (SSSR count). The predicted molar refractivity (Wildman–Crippen MR) is 101 cm³/mol. The van der Waals surface area contributed by atoms with Gasteiger partial charge in [0.2, 0.25) is 0 Å². The maximum atomic E-state index is 10.8. The van der Waals surface area contributed by atoms with Crippen molar-refractivity contribution in [2.75, 3.05) is 0 Å². The van der Waals surface area contributed by atoms with E-state index in [0.717, 1.165) is 12.8 Å². The van der Waals surface area contributed by atoms with Crippen LogP contribution in [-0.2, 0) is 4.79 Å². The number of rotatable bonds is 15. The molecule has 0 spiro atoms. The second kappa shape index (κ2) is 22.7. The molecule has 0 radical (unpaired) electrons. The quantitative estimate of drug-likeness (QED) is 0.224. The van der Waals surface area contributed by atoms with Gasteiger partial charge in [-0.3, -0.25) is 0 Å². The molecule has 0 aliphatic rings. The Morgan fingerprint density at radius 2 is 1.09 bits per heavy atom. The molecule has 1 heteroatoms. The lowest BCUT2D eigenvalue weighted by atomic mass is 10.1. The van der Waals surface area contributed by atoms with E-state index in [0.29, 0.717) is 5.78 Å². The van der Waals surface area contributed by atoms with Gasteiger partial charge < -0.3 is 4.79 Å². The molecule has 0 atom stereocenters. The van der Waals surface area contributed by atoms with E-state index in [4.69, 9.17) is 0 Å². The molecule has 22 heavy (non-hydrogen) atoms. The van der Waals surface area contributed by atoms with E-state index in [9.17, 15) is 4.79 Å². The largest absolute Gasteiger partial charge is 0.300 e. The van der Waals surface area contributed by atoms with E-state index in [-0.39, 0.29) is 0 Å². The highest BCUT2D eigenvalue weighted by Crippen LogP contribution is 2.09. The Labute approximate surface area is 141 Å². The molecule has 0 heterocycles. The van der Waals surface area contributed by atoms with Crippen molar-refractivity contribution in [2.45, 2.75) is 118 Å². The molecule has 0 aromatic heterocycles. The molecule has 0 saturated carbocycles. The Morgan fingerprint density at radius 1 is 0.682 bits per heavy atom. The van der Waals surface area contributed by atoms with Crippen molar-refractivity contribution >= 4 is 5.78 Å². The average Bonchev–Trinajstić information content (AvgIpc) is 2.53. The fourth-order valence-corrected chi connectivity index (χ4v) is 2.44. The molecule has 0 N–H and O–H groups in total. The minimum Gasteiger partial charge on any atom is -0.300 e. The Bertz CT molecular complexity index is 230. The van der Waals surface area contributed by atoms with Crippen molar-refractivity contribution in [1.82, 2.24) is 0 Å². The van der Waals surface area contributed by atoms with Crippen molar-refractivity contribution in [3.05, 3.63) is 12.2 Å². The summed E-state index contributed by atoms with van der Waals surface area (Å²) in [6, 6.07) is 0. The second-order valence-corrected chi connectivity index (χ2v) is 6.04. The van der Waals surface area contributed by atoms with E-state index in [1.807, 2.05) is 13.8 Å². The maximum absolute atomic E-state index is 10.8. The Balaban J connectivity index is 0. The van der Waals surface area contributed by atoms with Crippen LogP contribution >= 0.6 is 0 Å². The molecule has 0 aromatic carbocycles. The smallest absolute Gasteiger partial charge is 0.129 e. The molecular formula is C21H42O. The second-order valence-electron chi connectivity index (χ2n) is 6.04. The van der Waals surface area contributed by atoms with Crippen LogP contribution in [-0.4, -0.2) is 5.78 Å². The zero-order valence-electron chi connectivity index (χ0n) is 16.0. The van der Waals surface area contributed by atoms with Crippen LogP contribution in [0, 0.1) is 0 Å². The zero-order valence-corrected chi connectivity index (χ0v) is 16.0. The number of carbonyl (C=O) groups excluding carboxylic acids is 1. The van der Waals surface area contributed by atoms with E-state index in [1.165, 1.54) is 77.0 Å². The minimum absolute atomic E-state index is 0.336. The van der Waals surface area contributed by atoms with Crippen LogP contribution < -0.4 is 0 Å². The molecule has 1 nitrogen and oxygen atoms in total. The van der Waals surface area contributed by atoms with Crippen molar-refractivity contribution < 1.29 is 4.79 Å². The van der Waals surface area contributed by atoms with E-state index in [1.54, 1.807) is 6.92 Å². The third-order valence-electron chi connectivity index (χ3n) is 3.79. The van der Waals surface area contributed by atoms with Gasteiger partial charge in [-0.05, 0) is 39.0 Å². The highest BCUT2D eigenvalue weighted by molar-refractivity contribution is 5.75. The fourth-order valence-electron chi connectivity index (χ4n) is 2.44. The molecule has 0 aliphatic carbocycles. The first-order valence-corrected chi connectivity index (χ1v) is 9.91. The van der Waals surface area contributed by atoms with Gasteiger partial charge in [0.05, 0.1) is 0 Å². The summed E-state index contributed by atoms with van der Waals surface area (Å²) in [5.41, 5.74) is 0. The van der Waals surface area contributed by atoms with Crippen molar-refractivity contribution in [2.24, 2.45) is 0 Å². The van der Waals surface area contributed by atoms with E-state index in [2.05, 4.69) is 19.1 Å². The normalized spacial score (nSPS) is 10.5. The zero-order chi connectivity index (χ0) is 16.9. The highest BCUT2D eigenvalue weighted by Gasteiger charge is 1.93. The molecule has 132 valence electrons. The maximum Gasteiger partial charge on any atom is 0.129 e. The molecular weight excluding hydrogens is 268 g/mol. The van der Waals surface area contributed by atoms with Crippen molar-refractivity contribution in [3.8, 4) is 0 Å².